The van der Waals surface area contributed by atoms with E-state index in [0.29, 0.717) is 17.1 Å². The van der Waals surface area contributed by atoms with E-state index in [4.69, 9.17) is 11.6 Å². The Kier molecular flexibility index (Phi) is 7.17. The molecule has 2 aromatic carbocycles. The molecule has 4 nitrogen and oxygen atoms in total. The second-order valence-electron chi connectivity index (χ2n) is 6.63. The minimum atomic E-state index is -2.89. The standard InChI is InChI=1S/C21H20ClF3N2O2/c22-19-13-17(23)4-1-16(19)14-27-11-9-26(10-12-27)8-7-20(28)15-2-5-18(6-3-15)29-21(24)25/h1-8,13,21H,9-12,14H2. The zero-order chi connectivity index (χ0) is 20.8. The number of ether oxygens (including phenoxy) is 1. The van der Waals surface area contributed by atoms with E-state index in [-0.39, 0.29) is 17.3 Å². The second kappa shape index (κ2) is 9.80. The van der Waals surface area contributed by atoms with Crippen LogP contribution in [0.15, 0.2) is 54.7 Å². The summed E-state index contributed by atoms with van der Waals surface area (Å²) in [6.07, 6.45) is 3.21. The molecule has 1 fully saturated rings. The van der Waals surface area contributed by atoms with E-state index in [1.807, 2.05) is 4.90 Å². The van der Waals surface area contributed by atoms with Crippen molar-refractivity contribution in [3.05, 3.63) is 76.7 Å². The van der Waals surface area contributed by atoms with Gasteiger partial charge in [0.25, 0.3) is 0 Å². The minimum absolute atomic E-state index is 0.0120. The number of halogens is 4. The first-order chi connectivity index (χ1) is 13.9. The molecule has 0 bridgehead atoms. The number of ketones is 1. The van der Waals surface area contributed by atoms with Crippen LogP contribution in [0, 0.1) is 5.82 Å². The summed E-state index contributed by atoms with van der Waals surface area (Å²) in [6, 6.07) is 9.99. The Labute approximate surface area is 172 Å². The minimum Gasteiger partial charge on any atom is -0.435 e. The number of carbonyl (C=O) groups excluding carboxylic acids is 1. The average molecular weight is 425 g/mol. The lowest BCUT2D eigenvalue weighted by Gasteiger charge is -2.34. The van der Waals surface area contributed by atoms with E-state index in [2.05, 4.69) is 9.64 Å². The van der Waals surface area contributed by atoms with Gasteiger partial charge in [0.1, 0.15) is 11.6 Å². The molecule has 0 unspecified atom stereocenters. The predicted octanol–water partition coefficient (Wildman–Crippen LogP) is 4.59. The molecule has 1 aliphatic heterocycles. The summed E-state index contributed by atoms with van der Waals surface area (Å²) in [6.45, 7) is 0.794. The molecule has 8 heteroatoms. The molecule has 29 heavy (non-hydrogen) atoms. The molecule has 1 heterocycles. The maximum absolute atomic E-state index is 13.1. The van der Waals surface area contributed by atoms with Crippen molar-refractivity contribution in [2.75, 3.05) is 26.2 Å². The molecule has 2 aromatic rings. The largest absolute Gasteiger partial charge is 0.435 e. The van der Waals surface area contributed by atoms with Gasteiger partial charge in [-0.2, -0.15) is 8.78 Å². The summed E-state index contributed by atoms with van der Waals surface area (Å²) in [7, 11) is 0. The van der Waals surface area contributed by atoms with Crippen molar-refractivity contribution in [2.45, 2.75) is 13.2 Å². The topological polar surface area (TPSA) is 32.8 Å². The van der Waals surface area contributed by atoms with Crippen LogP contribution in [0.25, 0.3) is 0 Å². The van der Waals surface area contributed by atoms with Crippen LogP contribution < -0.4 is 4.74 Å². The average Bonchev–Trinajstić information content (AvgIpc) is 2.69. The van der Waals surface area contributed by atoms with Crippen molar-refractivity contribution in [1.82, 2.24) is 9.80 Å². The van der Waals surface area contributed by atoms with Gasteiger partial charge in [0, 0.05) is 55.6 Å². The number of carbonyl (C=O) groups is 1. The smallest absolute Gasteiger partial charge is 0.387 e. The second-order valence-corrected chi connectivity index (χ2v) is 7.04. The Hall–Kier alpha value is -2.51. The van der Waals surface area contributed by atoms with Crippen molar-refractivity contribution in [1.29, 1.82) is 0 Å². The van der Waals surface area contributed by atoms with Gasteiger partial charge in [-0.3, -0.25) is 9.69 Å². The van der Waals surface area contributed by atoms with E-state index in [1.54, 1.807) is 12.3 Å². The van der Waals surface area contributed by atoms with Gasteiger partial charge in [0.15, 0.2) is 5.78 Å². The molecule has 154 valence electrons. The van der Waals surface area contributed by atoms with Gasteiger partial charge < -0.3 is 9.64 Å². The Balaban J connectivity index is 1.48. The van der Waals surface area contributed by atoms with Crippen LogP contribution in [-0.2, 0) is 6.54 Å². The molecule has 0 atom stereocenters. The first-order valence-electron chi connectivity index (χ1n) is 9.08. The quantitative estimate of drug-likeness (QED) is 0.480. The Morgan fingerprint density at radius 3 is 2.41 bits per heavy atom. The van der Waals surface area contributed by atoms with Gasteiger partial charge in [0.2, 0.25) is 0 Å². The van der Waals surface area contributed by atoms with Gasteiger partial charge in [-0.15, -0.1) is 0 Å². The number of piperazine rings is 1. The maximum atomic E-state index is 13.1. The lowest BCUT2D eigenvalue weighted by atomic mass is 10.1. The number of benzene rings is 2. The fraction of sp³-hybridized carbons (Fsp3) is 0.286. The van der Waals surface area contributed by atoms with Crippen LogP contribution in [0.4, 0.5) is 13.2 Å². The fourth-order valence-corrected chi connectivity index (χ4v) is 3.26. The van der Waals surface area contributed by atoms with Crippen molar-refractivity contribution in [3.63, 3.8) is 0 Å². The third kappa shape index (κ3) is 6.24. The van der Waals surface area contributed by atoms with E-state index < -0.39 is 6.61 Å². The van der Waals surface area contributed by atoms with E-state index in [1.165, 1.54) is 42.5 Å². The van der Waals surface area contributed by atoms with Crippen molar-refractivity contribution in [2.24, 2.45) is 0 Å². The number of hydrogen-bond donors (Lipinski definition) is 0. The summed E-state index contributed by atoms with van der Waals surface area (Å²) in [4.78, 5) is 16.5. The third-order valence-corrected chi connectivity index (χ3v) is 4.97. The third-order valence-electron chi connectivity index (χ3n) is 4.62. The van der Waals surface area contributed by atoms with Gasteiger partial charge in [0.05, 0.1) is 0 Å². The number of hydrogen-bond acceptors (Lipinski definition) is 4. The maximum Gasteiger partial charge on any atom is 0.387 e. The highest BCUT2D eigenvalue weighted by atomic mass is 35.5. The van der Waals surface area contributed by atoms with Crippen LogP contribution in [0.5, 0.6) is 5.75 Å². The van der Waals surface area contributed by atoms with Crippen LogP contribution in [0.2, 0.25) is 5.02 Å². The molecule has 0 saturated carbocycles. The van der Waals surface area contributed by atoms with Gasteiger partial charge in [-0.1, -0.05) is 17.7 Å². The number of rotatable bonds is 7. The van der Waals surface area contributed by atoms with E-state index >= 15 is 0 Å². The molecule has 0 aromatic heterocycles. The SMILES string of the molecule is O=C(C=CN1CCN(Cc2ccc(F)cc2Cl)CC1)c1ccc(OC(F)F)cc1. The normalized spacial score (nSPS) is 15.3. The molecule has 1 aliphatic rings. The first kappa shape index (κ1) is 21.2. The van der Waals surface area contributed by atoms with Gasteiger partial charge in [-0.25, -0.2) is 4.39 Å². The van der Waals surface area contributed by atoms with Crippen molar-refractivity contribution in [3.8, 4) is 5.75 Å². The van der Waals surface area contributed by atoms with E-state index in [9.17, 15) is 18.0 Å². The zero-order valence-electron chi connectivity index (χ0n) is 15.5. The predicted molar refractivity (Wildman–Crippen MR) is 105 cm³/mol. The molecule has 1 saturated heterocycles. The Bertz CT molecular complexity index is 867. The molecule has 0 radical (unpaired) electrons. The van der Waals surface area contributed by atoms with Crippen LogP contribution >= 0.6 is 11.6 Å². The Morgan fingerprint density at radius 1 is 1.10 bits per heavy atom. The van der Waals surface area contributed by atoms with Crippen molar-refractivity contribution >= 4 is 17.4 Å². The number of alkyl halides is 2. The highest BCUT2D eigenvalue weighted by Gasteiger charge is 2.16. The molecule has 0 spiro atoms. The highest BCUT2D eigenvalue weighted by molar-refractivity contribution is 6.31. The van der Waals surface area contributed by atoms with Crippen LogP contribution in [0.1, 0.15) is 15.9 Å². The summed E-state index contributed by atoms with van der Waals surface area (Å²) in [5, 5.41) is 0.419. The number of nitrogens with zero attached hydrogens (tertiary/aromatic N) is 2. The molecule has 3 rings (SSSR count). The van der Waals surface area contributed by atoms with Crippen molar-refractivity contribution < 1.29 is 22.7 Å². The number of allylic oxidation sites excluding steroid dienone is 1. The zero-order valence-corrected chi connectivity index (χ0v) is 16.3. The molecule has 0 amide bonds. The monoisotopic (exact) mass is 424 g/mol. The van der Waals surface area contributed by atoms with Crippen LogP contribution in [0.3, 0.4) is 0 Å². The Morgan fingerprint density at radius 2 is 1.79 bits per heavy atom. The summed E-state index contributed by atoms with van der Waals surface area (Å²) in [5.74, 6) is -0.554. The van der Waals surface area contributed by atoms with E-state index in [0.717, 1.165) is 31.7 Å². The lowest BCUT2D eigenvalue weighted by molar-refractivity contribution is -0.0498. The molecular formula is C21H20ClF3N2O2. The summed E-state index contributed by atoms with van der Waals surface area (Å²) < 4.78 is 41.7. The molecule has 0 N–H and O–H groups in total. The lowest BCUT2D eigenvalue weighted by Crippen LogP contribution is -2.43. The fourth-order valence-electron chi connectivity index (χ4n) is 3.03. The molecule has 0 aliphatic carbocycles. The van der Waals surface area contributed by atoms with Gasteiger partial charge >= 0.3 is 6.61 Å². The summed E-state index contributed by atoms with van der Waals surface area (Å²) in [5.41, 5.74) is 1.28. The highest BCUT2D eigenvalue weighted by Crippen LogP contribution is 2.20. The first-order valence-corrected chi connectivity index (χ1v) is 9.46. The molecular weight excluding hydrogens is 405 g/mol. The summed E-state index contributed by atoms with van der Waals surface area (Å²) >= 11 is 6.08. The van der Waals surface area contributed by atoms with Crippen LogP contribution in [-0.4, -0.2) is 48.4 Å². The van der Waals surface area contributed by atoms with Gasteiger partial charge in [-0.05, 0) is 42.0 Å².